The van der Waals surface area contributed by atoms with Crippen LogP contribution in [0.25, 0.3) is 21.6 Å². The van der Waals surface area contributed by atoms with Crippen LogP contribution < -0.4 is 68.9 Å². The summed E-state index contributed by atoms with van der Waals surface area (Å²) < 4.78 is 0. The number of thiophene rings is 1. The average molecular weight is 485 g/mol. The molecule has 0 aliphatic carbocycles. The number of aromatic amines is 1. The van der Waals surface area contributed by atoms with Crippen LogP contribution in [0.5, 0.6) is 0 Å². The summed E-state index contributed by atoms with van der Waals surface area (Å²) in [4.78, 5) is 16.7. The molecule has 26 heavy (non-hydrogen) atoms. The molecule has 2 aromatic heterocycles. The van der Waals surface area contributed by atoms with Gasteiger partial charge in [0.05, 0.1) is 11.1 Å². The van der Waals surface area contributed by atoms with Crippen molar-refractivity contribution < 1.29 is 73.7 Å². The van der Waals surface area contributed by atoms with Crippen LogP contribution in [-0.2, 0) is 0 Å². The van der Waals surface area contributed by atoms with Crippen molar-refractivity contribution in [3.8, 4) is 21.6 Å². The predicted molar refractivity (Wildman–Crippen MR) is 104 cm³/mol. The van der Waals surface area contributed by atoms with Crippen molar-refractivity contribution in [3.05, 3.63) is 60.6 Å². The maximum absolute atomic E-state index is 12.6. The van der Waals surface area contributed by atoms with Gasteiger partial charge in [-0.2, -0.15) is 5.10 Å². The number of nitrogens with one attached hydrogen (secondary N) is 1. The summed E-state index contributed by atoms with van der Waals surface area (Å²) in [6.45, 7) is 3.82. The average Bonchev–Trinajstić information content (AvgIpc) is 3.36. The van der Waals surface area contributed by atoms with E-state index < -0.39 is 0 Å². The summed E-state index contributed by atoms with van der Waals surface area (Å²) in [7, 11) is 0. The number of nitrogens with zero attached hydrogens (tertiary/aromatic N) is 2. The zero-order chi connectivity index (χ0) is 16.5. The minimum absolute atomic E-state index is 0. The van der Waals surface area contributed by atoms with Crippen LogP contribution in [0, 0.1) is 14.4 Å². The Morgan fingerprint density at radius 2 is 1.77 bits per heavy atom. The topological polar surface area (TPSA) is 49.0 Å². The van der Waals surface area contributed by atoms with E-state index in [-0.39, 0.29) is 82.2 Å². The fraction of sp³-hybridized carbons (Fsp3) is 0.250. The first-order valence-corrected chi connectivity index (χ1v) is 9.03. The molecule has 4 rings (SSSR count). The first-order chi connectivity index (χ1) is 11.7. The Kier molecular flexibility index (Phi) is 8.21. The first kappa shape index (κ1) is 21.9. The van der Waals surface area contributed by atoms with Gasteiger partial charge >= 0.3 is 68.9 Å². The molecule has 0 atom stereocenters. The fourth-order valence-corrected chi connectivity index (χ4v) is 4.28. The molecular formula is C20H22CsN3OS. The minimum atomic E-state index is 0. The molecule has 1 aliphatic heterocycles. The number of H-pyrrole nitrogens is 1. The number of benzene rings is 1. The largest absolute Gasteiger partial charge is 1.00 e. The molecule has 1 amide bonds. The maximum Gasteiger partial charge on any atom is 1.00 e. The van der Waals surface area contributed by atoms with Gasteiger partial charge in [-0.1, -0.05) is 24.3 Å². The summed E-state index contributed by atoms with van der Waals surface area (Å²) in [5.74, 6) is 0.191. The second kappa shape index (κ2) is 9.73. The van der Waals surface area contributed by atoms with Gasteiger partial charge in [0.2, 0.25) is 0 Å². The van der Waals surface area contributed by atoms with E-state index in [9.17, 15) is 4.79 Å². The van der Waals surface area contributed by atoms with Crippen LogP contribution in [0.4, 0.5) is 0 Å². The smallest absolute Gasteiger partial charge is 0.358 e. The SMILES string of the molecule is Cc1cc(-c2ccc(-c3cn[nH]c3)cc2)sc1C(=O)N1CCCC1.[CH3-].[Cs+]. The summed E-state index contributed by atoms with van der Waals surface area (Å²) in [5, 5.41) is 6.82. The molecule has 0 bridgehead atoms. The number of amides is 1. The summed E-state index contributed by atoms with van der Waals surface area (Å²) in [6.07, 6.45) is 5.95. The Balaban J connectivity index is 0.00000121. The van der Waals surface area contributed by atoms with Crippen LogP contribution >= 0.6 is 11.3 Å². The maximum atomic E-state index is 12.6. The predicted octanol–water partition coefficient (Wildman–Crippen LogP) is 1.80. The Labute approximate surface area is 217 Å². The zero-order valence-electron chi connectivity index (χ0n) is 15.6. The monoisotopic (exact) mass is 485 g/mol. The Hall–Kier alpha value is -0.348. The van der Waals surface area contributed by atoms with Crippen molar-refractivity contribution in [2.75, 3.05) is 13.1 Å². The van der Waals surface area contributed by atoms with Crippen LogP contribution in [0.1, 0.15) is 28.1 Å². The van der Waals surface area contributed by atoms with E-state index >= 15 is 0 Å². The van der Waals surface area contributed by atoms with Gasteiger partial charge in [0, 0.05) is 29.7 Å². The first-order valence-electron chi connectivity index (χ1n) is 8.21. The van der Waals surface area contributed by atoms with Gasteiger partial charge in [-0.25, -0.2) is 0 Å². The molecule has 1 aromatic carbocycles. The van der Waals surface area contributed by atoms with E-state index in [2.05, 4.69) is 40.5 Å². The normalized spacial score (nSPS) is 13.2. The number of aryl methyl sites for hydroxylation is 1. The molecule has 1 fully saturated rings. The minimum Gasteiger partial charge on any atom is -0.358 e. The number of likely N-dealkylation sites (tertiary alicyclic amines) is 1. The van der Waals surface area contributed by atoms with Crippen molar-refractivity contribution in [1.29, 1.82) is 0 Å². The third kappa shape index (κ3) is 4.55. The zero-order valence-corrected chi connectivity index (χ0v) is 22.7. The number of hydrogen-bond donors (Lipinski definition) is 1. The Morgan fingerprint density at radius 3 is 2.38 bits per heavy atom. The van der Waals surface area contributed by atoms with E-state index in [0.717, 1.165) is 57.9 Å². The molecule has 1 aliphatic rings. The molecule has 3 heterocycles. The molecule has 6 heteroatoms. The second-order valence-corrected chi connectivity index (χ2v) is 7.24. The Bertz CT molecular complexity index is 850. The number of carbonyl (C=O) groups excluding carboxylic acids is 1. The van der Waals surface area contributed by atoms with Crippen LogP contribution in [-0.4, -0.2) is 34.1 Å². The van der Waals surface area contributed by atoms with Gasteiger partial charge in [-0.15, -0.1) is 11.3 Å². The van der Waals surface area contributed by atoms with Gasteiger partial charge in [-0.3, -0.25) is 9.89 Å². The van der Waals surface area contributed by atoms with E-state index in [1.54, 1.807) is 11.3 Å². The third-order valence-corrected chi connectivity index (χ3v) is 5.78. The molecule has 0 saturated carbocycles. The van der Waals surface area contributed by atoms with Crippen LogP contribution in [0.15, 0.2) is 42.7 Å². The van der Waals surface area contributed by atoms with Crippen molar-refractivity contribution in [1.82, 2.24) is 15.1 Å². The number of aromatic nitrogens is 2. The quantitative estimate of drug-likeness (QED) is 0.576. The molecule has 0 spiro atoms. The third-order valence-electron chi connectivity index (χ3n) is 4.51. The van der Waals surface area contributed by atoms with E-state index in [4.69, 9.17) is 0 Å². The molecule has 4 nitrogen and oxygen atoms in total. The molecule has 3 aromatic rings. The van der Waals surface area contributed by atoms with Gasteiger partial charge < -0.3 is 12.3 Å². The van der Waals surface area contributed by atoms with Crippen molar-refractivity contribution in [2.45, 2.75) is 19.8 Å². The van der Waals surface area contributed by atoms with Crippen LogP contribution in [0.2, 0.25) is 0 Å². The van der Waals surface area contributed by atoms with Crippen molar-refractivity contribution in [3.63, 3.8) is 0 Å². The summed E-state index contributed by atoms with van der Waals surface area (Å²) in [5.41, 5.74) is 4.43. The van der Waals surface area contributed by atoms with Crippen molar-refractivity contribution in [2.24, 2.45) is 0 Å². The van der Waals surface area contributed by atoms with Gasteiger partial charge in [-0.05, 0) is 42.5 Å². The van der Waals surface area contributed by atoms with Gasteiger partial charge in [0.25, 0.3) is 5.91 Å². The summed E-state index contributed by atoms with van der Waals surface area (Å²) in [6, 6.07) is 10.5. The van der Waals surface area contributed by atoms with Gasteiger partial charge in [0.15, 0.2) is 0 Å². The molecule has 1 saturated heterocycles. The van der Waals surface area contributed by atoms with Crippen molar-refractivity contribution >= 4 is 17.2 Å². The van der Waals surface area contributed by atoms with E-state index in [1.165, 1.54) is 0 Å². The standard InChI is InChI=1S/C19H19N3OS.CH3.Cs/c1-13-10-17(24-18(13)19(23)22-8-2-3-9-22)15-6-4-14(5-7-15)16-11-20-21-12-16;;/h4-7,10-12H,2-3,8-9H2,1H3,(H,20,21);1H3;/q;-1;+1. The number of carbonyl (C=O) groups is 1. The van der Waals surface area contributed by atoms with Crippen LogP contribution in [0.3, 0.4) is 0 Å². The molecule has 130 valence electrons. The van der Waals surface area contributed by atoms with E-state index in [1.807, 2.05) is 24.2 Å². The molecule has 1 N–H and O–H groups in total. The second-order valence-electron chi connectivity index (χ2n) is 6.19. The molecule has 0 unspecified atom stereocenters. The molecular weight excluding hydrogens is 463 g/mol. The Morgan fingerprint density at radius 1 is 1.12 bits per heavy atom. The fourth-order valence-electron chi connectivity index (χ4n) is 3.14. The van der Waals surface area contributed by atoms with Gasteiger partial charge in [0.1, 0.15) is 0 Å². The van der Waals surface area contributed by atoms with E-state index in [0.29, 0.717) is 0 Å². The number of rotatable bonds is 3. The summed E-state index contributed by atoms with van der Waals surface area (Å²) >= 11 is 1.60. The molecule has 0 radical (unpaired) electrons. The number of hydrogen-bond acceptors (Lipinski definition) is 3.